The van der Waals surface area contributed by atoms with Crippen LogP contribution < -0.4 is 0 Å². The Hall–Kier alpha value is -1.84. The largest absolute Gasteiger partial charge is 0.481 e. The second kappa shape index (κ2) is 7.56. The minimum Gasteiger partial charge on any atom is -0.481 e. The van der Waals surface area contributed by atoms with Crippen molar-refractivity contribution in [2.24, 2.45) is 0 Å². The number of carboxylic acids is 2. The Bertz CT molecular complexity index is 424. The first kappa shape index (κ1) is 15.2. The molecule has 0 saturated heterocycles. The molecule has 0 saturated carbocycles. The van der Waals surface area contributed by atoms with E-state index in [-0.39, 0.29) is 12.8 Å². The first-order valence-electron chi connectivity index (χ1n) is 6.56. The van der Waals surface area contributed by atoms with Gasteiger partial charge in [0.2, 0.25) is 0 Å². The molecule has 0 spiro atoms. The standard InChI is InChI=1S/C15H20O4/c1-2-3-6-11-7-4-5-8-13(11)12(9-14(16)17)10-15(18)19/h4-5,7-8,12H,2-3,6,9-10H2,1H3,(H,16,17)(H,18,19). The van der Waals surface area contributed by atoms with E-state index in [9.17, 15) is 9.59 Å². The molecule has 2 N–H and O–H groups in total. The lowest BCUT2D eigenvalue weighted by molar-refractivity contribution is -0.139. The molecule has 0 aliphatic heterocycles. The van der Waals surface area contributed by atoms with Crippen molar-refractivity contribution in [2.75, 3.05) is 0 Å². The summed E-state index contributed by atoms with van der Waals surface area (Å²) in [5, 5.41) is 17.9. The van der Waals surface area contributed by atoms with Crippen LogP contribution >= 0.6 is 0 Å². The van der Waals surface area contributed by atoms with E-state index in [1.807, 2.05) is 24.3 Å². The average molecular weight is 264 g/mol. The van der Waals surface area contributed by atoms with Gasteiger partial charge in [0, 0.05) is 5.92 Å². The van der Waals surface area contributed by atoms with E-state index in [4.69, 9.17) is 10.2 Å². The number of carboxylic acid groups (broad SMARTS) is 2. The van der Waals surface area contributed by atoms with Gasteiger partial charge in [-0.15, -0.1) is 0 Å². The quantitative estimate of drug-likeness (QED) is 0.756. The molecule has 0 atom stereocenters. The maximum Gasteiger partial charge on any atom is 0.303 e. The Kier molecular flexibility index (Phi) is 6.06. The van der Waals surface area contributed by atoms with Crippen molar-refractivity contribution in [3.05, 3.63) is 35.4 Å². The summed E-state index contributed by atoms with van der Waals surface area (Å²) in [4.78, 5) is 21.8. The minimum atomic E-state index is -0.962. The van der Waals surface area contributed by atoms with Gasteiger partial charge in [-0.3, -0.25) is 9.59 Å². The Balaban J connectivity index is 2.98. The van der Waals surface area contributed by atoms with Crippen LogP contribution in [-0.2, 0) is 16.0 Å². The molecule has 0 heterocycles. The zero-order chi connectivity index (χ0) is 14.3. The zero-order valence-corrected chi connectivity index (χ0v) is 11.1. The second-order valence-corrected chi connectivity index (χ2v) is 4.70. The maximum atomic E-state index is 10.9. The normalized spacial score (nSPS) is 10.6. The summed E-state index contributed by atoms with van der Waals surface area (Å²) in [6, 6.07) is 7.55. The van der Waals surface area contributed by atoms with Gasteiger partial charge in [0.25, 0.3) is 0 Å². The van der Waals surface area contributed by atoms with Crippen LogP contribution in [0.2, 0.25) is 0 Å². The van der Waals surface area contributed by atoms with Gasteiger partial charge >= 0.3 is 11.9 Å². The lowest BCUT2D eigenvalue weighted by Gasteiger charge is -2.17. The van der Waals surface area contributed by atoms with Crippen molar-refractivity contribution in [2.45, 2.75) is 44.9 Å². The number of carbonyl (C=O) groups is 2. The molecule has 0 radical (unpaired) electrons. The number of rotatable bonds is 8. The van der Waals surface area contributed by atoms with E-state index < -0.39 is 17.9 Å². The van der Waals surface area contributed by atoms with Crippen molar-refractivity contribution >= 4 is 11.9 Å². The fraction of sp³-hybridized carbons (Fsp3) is 0.467. The predicted octanol–water partition coefficient (Wildman–Crippen LogP) is 3.06. The van der Waals surface area contributed by atoms with E-state index in [2.05, 4.69) is 6.92 Å². The van der Waals surface area contributed by atoms with E-state index in [1.165, 1.54) is 0 Å². The maximum absolute atomic E-state index is 10.9. The molecule has 4 heteroatoms. The number of hydrogen-bond acceptors (Lipinski definition) is 2. The third-order valence-corrected chi connectivity index (χ3v) is 3.14. The molecule has 0 aliphatic carbocycles. The molecule has 0 fully saturated rings. The SMILES string of the molecule is CCCCc1ccccc1C(CC(=O)O)CC(=O)O. The van der Waals surface area contributed by atoms with Crippen LogP contribution in [0.25, 0.3) is 0 Å². The van der Waals surface area contributed by atoms with Gasteiger partial charge < -0.3 is 10.2 Å². The van der Waals surface area contributed by atoms with Gasteiger partial charge in [0.1, 0.15) is 0 Å². The molecule has 0 amide bonds. The highest BCUT2D eigenvalue weighted by atomic mass is 16.4. The third-order valence-electron chi connectivity index (χ3n) is 3.14. The van der Waals surface area contributed by atoms with Crippen LogP contribution in [0.1, 0.15) is 49.7 Å². The van der Waals surface area contributed by atoms with Gasteiger partial charge in [0.05, 0.1) is 12.8 Å². The van der Waals surface area contributed by atoms with Gasteiger partial charge in [-0.05, 0) is 24.0 Å². The molecule has 0 unspecified atom stereocenters. The number of hydrogen-bond donors (Lipinski definition) is 2. The fourth-order valence-corrected chi connectivity index (χ4v) is 2.24. The van der Waals surface area contributed by atoms with Crippen LogP contribution in [0, 0.1) is 0 Å². The molecule has 4 nitrogen and oxygen atoms in total. The zero-order valence-electron chi connectivity index (χ0n) is 11.1. The molecule has 1 aromatic carbocycles. The molecule has 19 heavy (non-hydrogen) atoms. The van der Waals surface area contributed by atoms with Gasteiger partial charge in [-0.1, -0.05) is 37.6 Å². The molecular weight excluding hydrogens is 244 g/mol. The molecule has 0 bridgehead atoms. The van der Waals surface area contributed by atoms with Gasteiger partial charge in [-0.2, -0.15) is 0 Å². The molecule has 1 aromatic rings. The summed E-state index contributed by atoms with van der Waals surface area (Å²) in [6.07, 6.45) is 2.65. The summed E-state index contributed by atoms with van der Waals surface area (Å²) >= 11 is 0. The van der Waals surface area contributed by atoms with Crippen LogP contribution in [0.5, 0.6) is 0 Å². The molecule has 0 aromatic heterocycles. The van der Waals surface area contributed by atoms with Gasteiger partial charge in [0.15, 0.2) is 0 Å². The van der Waals surface area contributed by atoms with Gasteiger partial charge in [-0.25, -0.2) is 0 Å². The Morgan fingerprint density at radius 2 is 1.68 bits per heavy atom. The summed E-state index contributed by atoms with van der Waals surface area (Å²) in [7, 11) is 0. The van der Waals surface area contributed by atoms with E-state index >= 15 is 0 Å². The number of unbranched alkanes of at least 4 members (excludes halogenated alkanes) is 1. The molecule has 104 valence electrons. The second-order valence-electron chi connectivity index (χ2n) is 4.70. The average Bonchev–Trinajstić information content (AvgIpc) is 2.35. The highest BCUT2D eigenvalue weighted by molar-refractivity contribution is 5.72. The smallest absolute Gasteiger partial charge is 0.303 e. The number of aryl methyl sites for hydroxylation is 1. The summed E-state index contributed by atoms with van der Waals surface area (Å²) < 4.78 is 0. The topological polar surface area (TPSA) is 74.6 Å². The Labute approximate surface area is 113 Å². The predicted molar refractivity (Wildman–Crippen MR) is 72.3 cm³/mol. The van der Waals surface area contributed by atoms with Crippen LogP contribution in [0.15, 0.2) is 24.3 Å². The Morgan fingerprint density at radius 1 is 1.11 bits per heavy atom. The lowest BCUT2D eigenvalue weighted by atomic mass is 9.87. The summed E-state index contributed by atoms with van der Waals surface area (Å²) in [6.45, 7) is 2.09. The van der Waals surface area contributed by atoms with E-state index in [0.717, 1.165) is 30.4 Å². The summed E-state index contributed by atoms with van der Waals surface area (Å²) in [5.41, 5.74) is 1.93. The fourth-order valence-electron chi connectivity index (χ4n) is 2.24. The summed E-state index contributed by atoms with van der Waals surface area (Å²) in [5.74, 6) is -2.38. The first-order valence-corrected chi connectivity index (χ1v) is 6.56. The first-order chi connectivity index (χ1) is 9.04. The van der Waals surface area contributed by atoms with Crippen molar-refractivity contribution in [1.29, 1.82) is 0 Å². The highest BCUT2D eigenvalue weighted by Crippen LogP contribution is 2.27. The van der Waals surface area contributed by atoms with Crippen molar-refractivity contribution in [1.82, 2.24) is 0 Å². The lowest BCUT2D eigenvalue weighted by Crippen LogP contribution is -2.13. The van der Waals surface area contributed by atoms with Crippen molar-refractivity contribution in [3.63, 3.8) is 0 Å². The van der Waals surface area contributed by atoms with Crippen molar-refractivity contribution in [3.8, 4) is 0 Å². The minimum absolute atomic E-state index is 0.143. The Morgan fingerprint density at radius 3 is 2.21 bits per heavy atom. The third kappa shape index (κ3) is 5.12. The number of benzene rings is 1. The van der Waals surface area contributed by atoms with E-state index in [0.29, 0.717) is 0 Å². The van der Waals surface area contributed by atoms with Crippen LogP contribution in [0.3, 0.4) is 0 Å². The highest BCUT2D eigenvalue weighted by Gasteiger charge is 2.21. The molecule has 1 rings (SSSR count). The van der Waals surface area contributed by atoms with Crippen LogP contribution in [-0.4, -0.2) is 22.2 Å². The molecule has 0 aliphatic rings. The van der Waals surface area contributed by atoms with Crippen LogP contribution in [0.4, 0.5) is 0 Å². The monoisotopic (exact) mass is 264 g/mol. The molecular formula is C15H20O4. The van der Waals surface area contributed by atoms with Crippen molar-refractivity contribution < 1.29 is 19.8 Å². The van der Waals surface area contributed by atoms with E-state index in [1.54, 1.807) is 0 Å². The number of aliphatic carboxylic acids is 2.